The smallest absolute Gasteiger partial charge is 0.408 e. The van der Waals surface area contributed by atoms with Crippen LogP contribution in [0.25, 0.3) is 0 Å². The zero-order chi connectivity index (χ0) is 19.7. The van der Waals surface area contributed by atoms with Gasteiger partial charge in [-0.1, -0.05) is 6.07 Å². The van der Waals surface area contributed by atoms with Gasteiger partial charge in [-0.05, 0) is 52.2 Å². The quantitative estimate of drug-likeness (QED) is 0.713. The van der Waals surface area contributed by atoms with Crippen molar-refractivity contribution in [3.8, 4) is 0 Å². The highest BCUT2D eigenvalue weighted by Crippen LogP contribution is 2.10. The number of aryl methyl sites for hydroxylation is 1. The number of nitrogens with zero attached hydrogens (tertiary/aromatic N) is 1. The Labute approximate surface area is 154 Å². The predicted octanol–water partition coefficient (Wildman–Crippen LogP) is 2.60. The van der Waals surface area contributed by atoms with Crippen molar-refractivity contribution in [1.29, 1.82) is 0 Å². The number of amides is 1. The van der Waals surface area contributed by atoms with Crippen LogP contribution in [-0.2, 0) is 31.9 Å². The van der Waals surface area contributed by atoms with Gasteiger partial charge in [-0.2, -0.15) is 0 Å². The van der Waals surface area contributed by atoms with Crippen LogP contribution in [0.15, 0.2) is 18.3 Å². The van der Waals surface area contributed by atoms with Gasteiger partial charge in [0, 0.05) is 24.7 Å². The minimum atomic E-state index is -0.861. The number of aromatic nitrogens is 1. The number of alkyl carbamates (subject to hydrolysis) is 1. The van der Waals surface area contributed by atoms with E-state index < -0.39 is 23.7 Å². The number of nitrogens with one attached hydrogen (secondary N) is 1. The lowest BCUT2D eigenvalue weighted by atomic mass is 10.1. The van der Waals surface area contributed by atoms with Gasteiger partial charge >= 0.3 is 12.1 Å². The molecule has 144 valence electrons. The molecule has 7 nitrogen and oxygen atoms in total. The molecule has 0 radical (unpaired) electrons. The zero-order valence-corrected chi connectivity index (χ0v) is 16.1. The maximum Gasteiger partial charge on any atom is 0.408 e. The molecule has 1 aromatic rings. The van der Waals surface area contributed by atoms with Gasteiger partial charge in [-0.25, -0.2) is 9.59 Å². The van der Waals surface area contributed by atoms with Crippen LogP contribution in [0.2, 0.25) is 0 Å². The first-order chi connectivity index (χ1) is 12.1. The number of rotatable bonds is 8. The van der Waals surface area contributed by atoms with Gasteiger partial charge in [0.05, 0.1) is 7.11 Å². The van der Waals surface area contributed by atoms with E-state index in [1.165, 1.54) is 7.11 Å². The molecule has 0 fully saturated rings. The lowest BCUT2D eigenvalue weighted by molar-refractivity contribution is -0.143. The normalized spacial score (nSPS) is 12.2. The largest absolute Gasteiger partial charge is 0.467 e. The number of carbonyl (C=O) groups excluding carboxylic acids is 3. The monoisotopic (exact) mass is 364 g/mol. The minimum Gasteiger partial charge on any atom is -0.467 e. The lowest BCUT2D eigenvalue weighted by Gasteiger charge is -2.22. The van der Waals surface area contributed by atoms with Gasteiger partial charge < -0.3 is 19.6 Å². The molecule has 1 N–H and O–H groups in total. The Morgan fingerprint density at radius 2 is 1.92 bits per heavy atom. The number of ketones is 1. The van der Waals surface area contributed by atoms with Crippen molar-refractivity contribution >= 4 is 17.8 Å². The van der Waals surface area contributed by atoms with E-state index >= 15 is 0 Å². The molecule has 7 heteroatoms. The molecular weight excluding hydrogens is 336 g/mol. The molecule has 0 saturated carbocycles. The maximum atomic E-state index is 11.9. The number of methoxy groups -OCH3 is 1. The third-order valence-electron chi connectivity index (χ3n) is 3.46. The molecule has 1 atom stereocenters. The van der Waals surface area contributed by atoms with E-state index in [4.69, 9.17) is 9.47 Å². The Kier molecular flexibility index (Phi) is 8.22. The maximum absolute atomic E-state index is 11.9. The number of pyridine rings is 1. The Balaban J connectivity index is 2.68. The number of hydrogen-bond acceptors (Lipinski definition) is 6. The lowest BCUT2D eigenvalue weighted by Crippen LogP contribution is -2.45. The Morgan fingerprint density at radius 3 is 2.42 bits per heavy atom. The number of carbonyl (C=O) groups is 3. The molecular formula is C19H28N2O5. The molecule has 26 heavy (non-hydrogen) atoms. The average molecular weight is 364 g/mol. The number of ether oxygens (including phenoxy) is 2. The summed E-state index contributed by atoms with van der Waals surface area (Å²) in [5.74, 6) is -0.392. The van der Waals surface area contributed by atoms with E-state index in [9.17, 15) is 14.4 Å². The van der Waals surface area contributed by atoms with Crippen molar-refractivity contribution in [3.63, 3.8) is 0 Å². The highest BCUT2D eigenvalue weighted by molar-refractivity contribution is 5.81. The molecule has 0 bridgehead atoms. The van der Waals surface area contributed by atoms with Crippen molar-refractivity contribution in [2.75, 3.05) is 7.11 Å². The molecule has 0 spiro atoms. The molecule has 0 aliphatic heterocycles. The Morgan fingerprint density at radius 1 is 1.23 bits per heavy atom. The van der Waals surface area contributed by atoms with Crippen molar-refractivity contribution in [2.45, 2.75) is 65.0 Å². The molecule has 0 aromatic carbocycles. The topological polar surface area (TPSA) is 94.6 Å². The zero-order valence-electron chi connectivity index (χ0n) is 16.1. The van der Waals surface area contributed by atoms with Crippen molar-refractivity contribution in [2.24, 2.45) is 0 Å². The second kappa shape index (κ2) is 9.89. The first kappa shape index (κ1) is 21.6. The van der Waals surface area contributed by atoms with Gasteiger partial charge in [0.1, 0.15) is 17.4 Å². The van der Waals surface area contributed by atoms with Crippen LogP contribution < -0.4 is 5.32 Å². The van der Waals surface area contributed by atoms with E-state index in [1.54, 1.807) is 33.9 Å². The fourth-order valence-electron chi connectivity index (χ4n) is 2.26. The molecule has 0 aliphatic rings. The van der Waals surface area contributed by atoms with Gasteiger partial charge in [-0.15, -0.1) is 0 Å². The highest BCUT2D eigenvalue weighted by Gasteiger charge is 2.25. The summed E-state index contributed by atoms with van der Waals surface area (Å²) in [6.45, 7) is 6.80. The van der Waals surface area contributed by atoms with E-state index in [2.05, 4.69) is 10.3 Å². The fraction of sp³-hybridized carbons (Fsp3) is 0.579. The van der Waals surface area contributed by atoms with Crippen LogP contribution in [0.1, 0.15) is 51.8 Å². The Hall–Kier alpha value is -2.44. The van der Waals surface area contributed by atoms with Gasteiger partial charge in [0.2, 0.25) is 0 Å². The SMILES string of the molecule is COC(=O)[C@H](Cc1ccc(CCCC(C)=O)nc1)NC(=O)OC(C)(C)C. The van der Waals surface area contributed by atoms with Crippen molar-refractivity contribution < 1.29 is 23.9 Å². The number of Topliss-reactive ketones (excluding diaryl/α,β-unsaturated/α-hetero) is 1. The summed E-state index contributed by atoms with van der Waals surface area (Å²) in [4.78, 5) is 39.2. The predicted molar refractivity (Wildman–Crippen MR) is 96.7 cm³/mol. The summed E-state index contributed by atoms with van der Waals surface area (Å²) >= 11 is 0. The summed E-state index contributed by atoms with van der Waals surface area (Å²) in [6.07, 6.45) is 3.24. The van der Waals surface area contributed by atoms with Crippen LogP contribution in [-0.4, -0.2) is 41.6 Å². The second-order valence-electron chi connectivity index (χ2n) is 7.14. The summed E-state index contributed by atoms with van der Waals surface area (Å²) in [5.41, 5.74) is 1.00. The molecule has 0 saturated heterocycles. The first-order valence-electron chi connectivity index (χ1n) is 8.61. The van der Waals surface area contributed by atoms with Crippen molar-refractivity contribution in [1.82, 2.24) is 10.3 Å². The molecule has 0 aliphatic carbocycles. The molecule has 1 amide bonds. The standard InChI is InChI=1S/C19H28N2O5/c1-13(22)7-6-8-15-10-9-14(12-20-15)11-16(17(23)25-5)21-18(24)26-19(2,3)4/h9-10,12,16H,6-8,11H2,1-5H3,(H,21,24)/t16-/m0/s1. The van der Waals surface area contributed by atoms with E-state index in [0.717, 1.165) is 24.1 Å². The fourth-order valence-corrected chi connectivity index (χ4v) is 2.26. The van der Waals surface area contributed by atoms with Crippen molar-refractivity contribution in [3.05, 3.63) is 29.6 Å². The highest BCUT2D eigenvalue weighted by atomic mass is 16.6. The summed E-state index contributed by atoms with van der Waals surface area (Å²) < 4.78 is 9.94. The minimum absolute atomic E-state index is 0.163. The Bertz CT molecular complexity index is 620. The summed E-state index contributed by atoms with van der Waals surface area (Å²) in [7, 11) is 1.27. The van der Waals surface area contributed by atoms with Crippen LogP contribution in [0, 0.1) is 0 Å². The van der Waals surface area contributed by atoms with Crippen LogP contribution in [0.3, 0.4) is 0 Å². The average Bonchev–Trinajstić information content (AvgIpc) is 2.53. The first-order valence-corrected chi connectivity index (χ1v) is 8.61. The summed E-state index contributed by atoms with van der Waals surface area (Å²) in [6, 6.07) is 2.85. The summed E-state index contributed by atoms with van der Waals surface area (Å²) in [5, 5.41) is 2.53. The third kappa shape index (κ3) is 8.60. The number of esters is 1. The van der Waals surface area contributed by atoms with Gasteiger partial charge in [0.15, 0.2) is 0 Å². The van der Waals surface area contributed by atoms with E-state index in [-0.39, 0.29) is 12.2 Å². The second-order valence-corrected chi connectivity index (χ2v) is 7.14. The van der Waals surface area contributed by atoms with Crippen LogP contribution in [0.5, 0.6) is 0 Å². The molecule has 1 heterocycles. The molecule has 1 rings (SSSR count). The van der Waals surface area contributed by atoms with Crippen LogP contribution in [0.4, 0.5) is 4.79 Å². The van der Waals surface area contributed by atoms with Gasteiger partial charge in [-0.3, -0.25) is 4.98 Å². The van der Waals surface area contributed by atoms with Gasteiger partial charge in [0.25, 0.3) is 0 Å². The molecule has 1 aromatic heterocycles. The number of hydrogen-bond donors (Lipinski definition) is 1. The van der Waals surface area contributed by atoms with Crippen LogP contribution >= 0.6 is 0 Å². The van der Waals surface area contributed by atoms with E-state index in [1.807, 2.05) is 12.1 Å². The van der Waals surface area contributed by atoms with E-state index in [0.29, 0.717) is 6.42 Å². The molecule has 0 unspecified atom stereocenters. The third-order valence-corrected chi connectivity index (χ3v) is 3.46.